The highest BCUT2D eigenvalue weighted by atomic mass is 32.1. The van der Waals surface area contributed by atoms with Gasteiger partial charge in [-0.15, -0.1) is 0 Å². The van der Waals surface area contributed by atoms with Gasteiger partial charge in [-0.25, -0.2) is 4.98 Å². The van der Waals surface area contributed by atoms with Crippen LogP contribution in [0.1, 0.15) is 0 Å². The van der Waals surface area contributed by atoms with E-state index in [1.165, 1.54) is 0 Å². The Hall–Kier alpha value is -2.66. The van der Waals surface area contributed by atoms with Crippen LogP contribution < -0.4 is 4.74 Å². The average Bonchev–Trinajstić information content (AvgIpc) is 3.01. The number of nitrogens with zero attached hydrogens (tertiary/aromatic N) is 2. The largest absolute Gasteiger partial charge is 0.497 e. The van der Waals surface area contributed by atoms with Gasteiger partial charge in [0.15, 0.2) is 0 Å². The van der Waals surface area contributed by atoms with E-state index in [0.29, 0.717) is 4.77 Å². The number of hydrogen-bond acceptors (Lipinski definition) is 3. The van der Waals surface area contributed by atoms with E-state index < -0.39 is 0 Å². The number of methoxy groups -OCH3 is 1. The molecule has 5 heteroatoms. The van der Waals surface area contributed by atoms with Crippen LogP contribution in [0, 0.1) is 4.77 Å². The van der Waals surface area contributed by atoms with E-state index >= 15 is 0 Å². The molecular weight excluding hydrogens is 294 g/mol. The summed E-state index contributed by atoms with van der Waals surface area (Å²) in [5.74, 6) is 0.837. The standard InChI is InChI=1S/C17H13N3OS/c1-21-12-8-6-11(7-9-12)15-10-20-16(18-15)13-4-2-3-5-14(13)19-17(20)22/h2-10,18H,1H3. The first-order valence-electron chi connectivity index (χ1n) is 6.91. The van der Waals surface area contributed by atoms with Crippen LogP contribution in [0.15, 0.2) is 54.7 Å². The van der Waals surface area contributed by atoms with Gasteiger partial charge in [0.25, 0.3) is 0 Å². The van der Waals surface area contributed by atoms with Gasteiger partial charge in [-0.2, -0.15) is 0 Å². The SMILES string of the molecule is COc1ccc(-c2cn3c(=S)nc4ccccc4c3[nH]2)cc1. The van der Waals surface area contributed by atoms with Crippen molar-refractivity contribution in [2.24, 2.45) is 0 Å². The number of ether oxygens (including phenoxy) is 1. The second-order valence-electron chi connectivity index (χ2n) is 5.03. The molecule has 0 aliphatic rings. The highest BCUT2D eigenvalue weighted by Crippen LogP contribution is 2.25. The number of imidazole rings is 1. The third-order valence-electron chi connectivity index (χ3n) is 3.73. The van der Waals surface area contributed by atoms with E-state index in [2.05, 4.69) is 9.97 Å². The number of benzene rings is 2. The minimum Gasteiger partial charge on any atom is -0.497 e. The van der Waals surface area contributed by atoms with Crippen molar-refractivity contribution >= 4 is 28.8 Å². The minimum absolute atomic E-state index is 0.546. The fourth-order valence-corrected chi connectivity index (χ4v) is 2.85. The summed E-state index contributed by atoms with van der Waals surface area (Å²) in [6.45, 7) is 0. The second-order valence-corrected chi connectivity index (χ2v) is 5.39. The first kappa shape index (κ1) is 13.0. The summed E-state index contributed by atoms with van der Waals surface area (Å²) in [5.41, 5.74) is 3.92. The lowest BCUT2D eigenvalue weighted by Crippen LogP contribution is -1.91. The quantitative estimate of drug-likeness (QED) is 0.564. The zero-order valence-corrected chi connectivity index (χ0v) is 12.7. The lowest BCUT2D eigenvalue weighted by atomic mass is 10.2. The van der Waals surface area contributed by atoms with E-state index in [1.807, 2.05) is 59.1 Å². The van der Waals surface area contributed by atoms with E-state index in [0.717, 1.165) is 33.6 Å². The number of nitrogens with one attached hydrogen (secondary N) is 1. The average molecular weight is 307 g/mol. The molecule has 0 aliphatic heterocycles. The summed E-state index contributed by atoms with van der Waals surface area (Å²) < 4.78 is 7.66. The predicted molar refractivity (Wildman–Crippen MR) is 89.9 cm³/mol. The number of H-pyrrole nitrogens is 1. The summed E-state index contributed by atoms with van der Waals surface area (Å²) in [5, 5.41) is 1.05. The van der Waals surface area contributed by atoms with Crippen molar-refractivity contribution in [3.63, 3.8) is 0 Å². The molecule has 2 aromatic heterocycles. The monoisotopic (exact) mass is 307 g/mol. The molecule has 4 rings (SSSR count). The highest BCUT2D eigenvalue weighted by molar-refractivity contribution is 7.71. The van der Waals surface area contributed by atoms with Crippen molar-refractivity contribution < 1.29 is 4.74 Å². The van der Waals surface area contributed by atoms with Crippen LogP contribution in [0.4, 0.5) is 0 Å². The van der Waals surface area contributed by atoms with Crippen molar-refractivity contribution in [1.82, 2.24) is 14.4 Å². The Kier molecular flexibility index (Phi) is 2.94. The maximum atomic E-state index is 5.40. The molecule has 1 N–H and O–H groups in total. The molecule has 0 saturated carbocycles. The van der Waals surface area contributed by atoms with Crippen molar-refractivity contribution in [1.29, 1.82) is 0 Å². The summed E-state index contributed by atoms with van der Waals surface area (Å²) in [6, 6.07) is 15.9. The van der Waals surface area contributed by atoms with E-state index in [4.69, 9.17) is 17.0 Å². The van der Waals surface area contributed by atoms with Crippen molar-refractivity contribution in [2.75, 3.05) is 7.11 Å². The van der Waals surface area contributed by atoms with Crippen LogP contribution in [0.25, 0.3) is 27.8 Å². The Morgan fingerprint density at radius 1 is 1.09 bits per heavy atom. The van der Waals surface area contributed by atoms with Gasteiger partial charge < -0.3 is 9.72 Å². The van der Waals surface area contributed by atoms with Crippen molar-refractivity contribution in [2.45, 2.75) is 0 Å². The Bertz CT molecular complexity index is 1030. The number of hydrogen-bond donors (Lipinski definition) is 1. The Balaban J connectivity index is 1.98. The van der Waals surface area contributed by atoms with Gasteiger partial charge in [0, 0.05) is 11.6 Å². The molecule has 4 nitrogen and oxygen atoms in total. The zero-order chi connectivity index (χ0) is 15.1. The highest BCUT2D eigenvalue weighted by Gasteiger charge is 2.08. The molecule has 0 atom stereocenters. The van der Waals surface area contributed by atoms with E-state index in [1.54, 1.807) is 7.11 Å². The van der Waals surface area contributed by atoms with Crippen LogP contribution in [0.3, 0.4) is 0 Å². The Morgan fingerprint density at radius 2 is 1.86 bits per heavy atom. The fourth-order valence-electron chi connectivity index (χ4n) is 2.61. The first-order chi connectivity index (χ1) is 10.8. The summed E-state index contributed by atoms with van der Waals surface area (Å²) in [7, 11) is 1.66. The predicted octanol–water partition coefficient (Wildman–Crippen LogP) is 4.22. The Labute approximate surface area is 132 Å². The molecule has 22 heavy (non-hydrogen) atoms. The van der Waals surface area contributed by atoms with Gasteiger partial charge >= 0.3 is 0 Å². The van der Waals surface area contributed by atoms with Gasteiger partial charge in [0.05, 0.1) is 18.3 Å². The van der Waals surface area contributed by atoms with Gasteiger partial charge in [-0.1, -0.05) is 12.1 Å². The molecule has 0 amide bonds. The van der Waals surface area contributed by atoms with E-state index in [9.17, 15) is 0 Å². The van der Waals surface area contributed by atoms with Gasteiger partial charge in [0.2, 0.25) is 4.77 Å². The van der Waals surface area contributed by atoms with Gasteiger partial charge in [0.1, 0.15) is 11.4 Å². The second kappa shape index (κ2) is 4.96. The van der Waals surface area contributed by atoms with Crippen LogP contribution in [0.5, 0.6) is 5.75 Å². The van der Waals surface area contributed by atoms with Crippen LogP contribution >= 0.6 is 12.2 Å². The smallest absolute Gasteiger partial charge is 0.205 e. The third-order valence-corrected chi connectivity index (χ3v) is 4.02. The zero-order valence-electron chi connectivity index (χ0n) is 11.9. The summed E-state index contributed by atoms with van der Waals surface area (Å²) in [4.78, 5) is 7.92. The molecule has 0 spiro atoms. The number of para-hydroxylation sites is 1. The fraction of sp³-hybridized carbons (Fsp3) is 0.0588. The molecule has 0 bridgehead atoms. The number of aromatic amines is 1. The Morgan fingerprint density at radius 3 is 2.64 bits per heavy atom. The first-order valence-corrected chi connectivity index (χ1v) is 7.31. The molecule has 0 radical (unpaired) electrons. The van der Waals surface area contributed by atoms with Gasteiger partial charge in [-0.05, 0) is 54.2 Å². The molecule has 2 heterocycles. The van der Waals surface area contributed by atoms with Crippen LogP contribution in [0.2, 0.25) is 0 Å². The molecule has 0 fully saturated rings. The van der Waals surface area contributed by atoms with Crippen LogP contribution in [-0.2, 0) is 0 Å². The maximum Gasteiger partial charge on any atom is 0.205 e. The lowest BCUT2D eigenvalue weighted by Gasteiger charge is -2.00. The van der Waals surface area contributed by atoms with Crippen LogP contribution in [-0.4, -0.2) is 21.5 Å². The van der Waals surface area contributed by atoms with Gasteiger partial charge in [-0.3, -0.25) is 4.40 Å². The third kappa shape index (κ3) is 1.98. The normalized spacial score (nSPS) is 11.1. The molecule has 2 aromatic carbocycles. The molecule has 0 saturated heterocycles. The number of aromatic nitrogens is 3. The summed E-state index contributed by atoms with van der Waals surface area (Å²) >= 11 is 5.40. The lowest BCUT2D eigenvalue weighted by molar-refractivity contribution is 0.415. The molecule has 4 aromatic rings. The number of rotatable bonds is 2. The maximum absolute atomic E-state index is 5.40. The topological polar surface area (TPSA) is 42.3 Å². The summed E-state index contributed by atoms with van der Waals surface area (Å²) in [6.07, 6.45) is 1.99. The minimum atomic E-state index is 0.546. The molecule has 108 valence electrons. The molecule has 0 unspecified atom stereocenters. The van der Waals surface area contributed by atoms with E-state index in [-0.39, 0.29) is 0 Å². The number of fused-ring (bicyclic) bond motifs is 3. The van der Waals surface area contributed by atoms with Crippen molar-refractivity contribution in [3.05, 3.63) is 59.5 Å². The molecule has 0 aliphatic carbocycles. The molecular formula is C17H13N3OS. The van der Waals surface area contributed by atoms with Crippen molar-refractivity contribution in [3.8, 4) is 17.0 Å².